The third-order valence-corrected chi connectivity index (χ3v) is 3.31. The van der Waals surface area contributed by atoms with Crippen LogP contribution < -0.4 is 0 Å². The first-order chi connectivity index (χ1) is 7.55. The highest BCUT2D eigenvalue weighted by Crippen LogP contribution is 2.39. The molecule has 1 rings (SSSR count). The molecule has 0 N–H and O–H groups in total. The van der Waals surface area contributed by atoms with E-state index in [9.17, 15) is 22.8 Å². The molecule has 1 aliphatic rings. The lowest BCUT2D eigenvalue weighted by molar-refractivity contribution is -0.178. The van der Waals surface area contributed by atoms with Crippen LogP contribution >= 0.6 is 0 Å². The van der Waals surface area contributed by atoms with Crippen molar-refractivity contribution >= 4 is 11.6 Å². The quantitative estimate of drug-likeness (QED) is 0.670. The first kappa shape index (κ1) is 14.2. The third kappa shape index (κ3) is 3.07. The number of ketones is 2. The molecule has 5 heteroatoms. The molecule has 0 saturated heterocycles. The Bertz CT molecular complexity index is 326. The van der Waals surface area contributed by atoms with E-state index in [2.05, 4.69) is 0 Å². The van der Waals surface area contributed by atoms with Crippen LogP contribution in [0.25, 0.3) is 0 Å². The lowest BCUT2D eigenvalue weighted by Gasteiger charge is -2.35. The molecule has 0 aromatic rings. The van der Waals surface area contributed by atoms with Crippen LogP contribution in [0.4, 0.5) is 13.2 Å². The number of alkyl halides is 3. The molecule has 0 aromatic carbocycles. The molecule has 1 fully saturated rings. The summed E-state index contributed by atoms with van der Waals surface area (Å²) in [7, 11) is 0. The van der Waals surface area contributed by atoms with E-state index in [0.717, 1.165) is 0 Å². The fourth-order valence-corrected chi connectivity index (χ4v) is 2.37. The Labute approximate surface area is 98.6 Å². The van der Waals surface area contributed by atoms with E-state index in [0.29, 0.717) is 12.8 Å². The Hall–Kier alpha value is -0.870. The van der Waals surface area contributed by atoms with Gasteiger partial charge in [0.2, 0.25) is 5.78 Å². The maximum absolute atomic E-state index is 12.3. The summed E-state index contributed by atoms with van der Waals surface area (Å²) in [5, 5.41) is 0. The van der Waals surface area contributed by atoms with Crippen LogP contribution in [-0.4, -0.2) is 17.7 Å². The lowest BCUT2D eigenvalue weighted by atomic mass is 9.67. The number of halogens is 3. The molecule has 2 atom stereocenters. The molecule has 1 aliphatic carbocycles. The zero-order chi connectivity index (χ0) is 13.4. The van der Waals surface area contributed by atoms with Crippen molar-refractivity contribution in [2.24, 2.45) is 17.3 Å². The highest BCUT2D eigenvalue weighted by Gasteiger charge is 2.50. The first-order valence-corrected chi connectivity index (χ1v) is 5.70. The SMILES string of the molecule is CC(C)(C)[C@@H]1CCC[C@@H](C(=O)C(F)(F)F)C1=O. The number of Topliss-reactive ketones (excluding diaryl/α,β-unsaturated/α-hetero) is 2. The van der Waals surface area contributed by atoms with Gasteiger partial charge in [0.25, 0.3) is 0 Å². The molecule has 1 saturated carbocycles. The van der Waals surface area contributed by atoms with Gasteiger partial charge in [-0.05, 0) is 18.3 Å². The van der Waals surface area contributed by atoms with Gasteiger partial charge >= 0.3 is 6.18 Å². The molecule has 98 valence electrons. The van der Waals surface area contributed by atoms with Gasteiger partial charge in [0.05, 0.1) is 5.92 Å². The highest BCUT2D eigenvalue weighted by molar-refractivity contribution is 6.06. The smallest absolute Gasteiger partial charge is 0.299 e. The van der Waals surface area contributed by atoms with Crippen LogP contribution in [0.1, 0.15) is 40.0 Å². The van der Waals surface area contributed by atoms with Gasteiger partial charge in [-0.25, -0.2) is 0 Å². The average Bonchev–Trinajstić information content (AvgIpc) is 2.13. The molecule has 0 bridgehead atoms. The lowest BCUT2D eigenvalue weighted by Crippen LogP contribution is -2.44. The van der Waals surface area contributed by atoms with Gasteiger partial charge in [0.1, 0.15) is 5.78 Å². The fraction of sp³-hybridized carbons (Fsp3) is 0.833. The number of hydrogen-bond acceptors (Lipinski definition) is 2. The van der Waals surface area contributed by atoms with E-state index in [4.69, 9.17) is 0 Å². The summed E-state index contributed by atoms with van der Waals surface area (Å²) in [6.45, 7) is 5.45. The maximum Gasteiger partial charge on any atom is 0.450 e. The number of hydrogen-bond donors (Lipinski definition) is 0. The van der Waals surface area contributed by atoms with Crippen molar-refractivity contribution in [3.8, 4) is 0 Å². The molecule has 17 heavy (non-hydrogen) atoms. The van der Waals surface area contributed by atoms with Crippen molar-refractivity contribution in [2.75, 3.05) is 0 Å². The Morgan fingerprint density at radius 1 is 1.18 bits per heavy atom. The van der Waals surface area contributed by atoms with Crippen LogP contribution in [0.5, 0.6) is 0 Å². The van der Waals surface area contributed by atoms with Crippen molar-refractivity contribution in [1.29, 1.82) is 0 Å². The van der Waals surface area contributed by atoms with Gasteiger partial charge in [0, 0.05) is 5.92 Å². The van der Waals surface area contributed by atoms with Crippen LogP contribution in [0, 0.1) is 17.3 Å². The van der Waals surface area contributed by atoms with E-state index in [1.807, 2.05) is 20.8 Å². The molecule has 0 aliphatic heterocycles. The summed E-state index contributed by atoms with van der Waals surface area (Å²) in [5.74, 6) is -4.34. The molecule has 2 nitrogen and oxygen atoms in total. The summed E-state index contributed by atoms with van der Waals surface area (Å²) in [6, 6.07) is 0. The average molecular weight is 250 g/mol. The van der Waals surface area contributed by atoms with Crippen molar-refractivity contribution in [3.63, 3.8) is 0 Å². The van der Waals surface area contributed by atoms with E-state index in [1.165, 1.54) is 0 Å². The van der Waals surface area contributed by atoms with Crippen LogP contribution in [0.2, 0.25) is 0 Å². The minimum atomic E-state index is -4.90. The Morgan fingerprint density at radius 2 is 1.71 bits per heavy atom. The summed E-state index contributed by atoms with van der Waals surface area (Å²) in [4.78, 5) is 23.1. The van der Waals surface area contributed by atoms with Crippen molar-refractivity contribution in [2.45, 2.75) is 46.2 Å². The maximum atomic E-state index is 12.3. The highest BCUT2D eigenvalue weighted by atomic mass is 19.4. The molecule has 0 heterocycles. The predicted molar refractivity (Wildman–Crippen MR) is 56.4 cm³/mol. The normalized spacial score (nSPS) is 27.1. The monoisotopic (exact) mass is 250 g/mol. The Morgan fingerprint density at radius 3 is 2.12 bits per heavy atom. The van der Waals surface area contributed by atoms with Crippen molar-refractivity contribution in [1.82, 2.24) is 0 Å². The Balaban J connectivity index is 2.90. The largest absolute Gasteiger partial charge is 0.450 e. The van der Waals surface area contributed by atoms with Gasteiger partial charge in [-0.2, -0.15) is 13.2 Å². The number of carbonyl (C=O) groups excluding carboxylic acids is 2. The minimum Gasteiger partial charge on any atom is -0.299 e. The van der Waals surface area contributed by atoms with Gasteiger partial charge < -0.3 is 0 Å². The van der Waals surface area contributed by atoms with Gasteiger partial charge in [-0.15, -0.1) is 0 Å². The number of carbonyl (C=O) groups is 2. The molecule has 0 unspecified atom stereocenters. The second-order valence-corrected chi connectivity index (χ2v) is 5.67. The zero-order valence-electron chi connectivity index (χ0n) is 10.2. The van der Waals surface area contributed by atoms with Gasteiger partial charge in [0.15, 0.2) is 0 Å². The van der Waals surface area contributed by atoms with E-state index in [1.54, 1.807) is 0 Å². The molecule has 0 amide bonds. The molecule has 0 spiro atoms. The van der Waals surface area contributed by atoms with E-state index < -0.39 is 29.6 Å². The second-order valence-electron chi connectivity index (χ2n) is 5.67. The first-order valence-electron chi connectivity index (χ1n) is 5.70. The van der Waals surface area contributed by atoms with Gasteiger partial charge in [-0.3, -0.25) is 9.59 Å². The van der Waals surface area contributed by atoms with Crippen LogP contribution in [-0.2, 0) is 9.59 Å². The predicted octanol–water partition coefficient (Wildman–Crippen LogP) is 3.15. The molecule has 0 radical (unpaired) electrons. The minimum absolute atomic E-state index is 0.0315. The zero-order valence-corrected chi connectivity index (χ0v) is 10.2. The van der Waals surface area contributed by atoms with Gasteiger partial charge in [-0.1, -0.05) is 27.2 Å². The van der Waals surface area contributed by atoms with Crippen LogP contribution in [0.3, 0.4) is 0 Å². The topological polar surface area (TPSA) is 34.1 Å². The van der Waals surface area contributed by atoms with E-state index >= 15 is 0 Å². The fourth-order valence-electron chi connectivity index (χ4n) is 2.37. The van der Waals surface area contributed by atoms with Crippen LogP contribution in [0.15, 0.2) is 0 Å². The molecular weight excluding hydrogens is 233 g/mol. The Kier molecular flexibility index (Phi) is 3.69. The second kappa shape index (κ2) is 4.42. The van der Waals surface area contributed by atoms with E-state index in [-0.39, 0.29) is 11.8 Å². The molecule has 0 aromatic heterocycles. The third-order valence-electron chi connectivity index (χ3n) is 3.31. The summed E-state index contributed by atoms with van der Waals surface area (Å²) in [6.07, 6.45) is -3.80. The number of rotatable bonds is 1. The van der Waals surface area contributed by atoms with Crippen molar-refractivity contribution in [3.05, 3.63) is 0 Å². The van der Waals surface area contributed by atoms with Crippen molar-refractivity contribution < 1.29 is 22.8 Å². The summed E-state index contributed by atoms with van der Waals surface area (Å²) >= 11 is 0. The summed E-state index contributed by atoms with van der Waals surface area (Å²) in [5.41, 5.74) is -0.387. The standard InChI is InChI=1S/C12H17F3O2/c1-11(2,3)8-6-4-5-7(9(8)16)10(17)12(13,14)15/h7-8H,4-6H2,1-3H3/t7-,8-/m1/s1. The summed E-state index contributed by atoms with van der Waals surface area (Å²) < 4.78 is 37.0. The molecular formula is C12H17F3O2.